The molecular weight excluding hydrogens is 368 g/mol. The van der Waals surface area contributed by atoms with Gasteiger partial charge in [-0.3, -0.25) is 0 Å². The first kappa shape index (κ1) is 21.7. The van der Waals surface area contributed by atoms with Crippen molar-refractivity contribution in [2.75, 3.05) is 11.4 Å². The number of aryl methyl sites for hydroxylation is 2. The molecule has 0 saturated carbocycles. The minimum atomic E-state index is -1.08. The van der Waals surface area contributed by atoms with Gasteiger partial charge in [0.15, 0.2) is 0 Å². The lowest BCUT2D eigenvalue weighted by atomic mass is 10.2. The number of carboxylic acids is 1. The number of hydrogen-bond donors (Lipinski definition) is 0. The minimum absolute atomic E-state index is 0.698. The third kappa shape index (κ3) is 6.84. The predicted molar refractivity (Wildman–Crippen MR) is 109 cm³/mol. The minimum Gasteiger partial charge on any atom is -0.550 e. The Morgan fingerprint density at radius 2 is 1.76 bits per heavy atom. The van der Waals surface area contributed by atoms with Crippen LogP contribution in [0, 0.1) is 0 Å². The van der Waals surface area contributed by atoms with E-state index < -0.39 is 5.97 Å². The fourth-order valence-corrected chi connectivity index (χ4v) is 2.64. The quantitative estimate of drug-likeness (QED) is 0.474. The number of carbonyl (C=O) groups is 1. The lowest BCUT2D eigenvalue weighted by molar-refractivity contribution is -0.659. The summed E-state index contributed by atoms with van der Waals surface area (Å²) in [6.07, 6.45) is 1.71. The summed E-state index contributed by atoms with van der Waals surface area (Å²) < 4.78 is 3.52. The van der Waals surface area contributed by atoms with E-state index in [1.54, 1.807) is 11.0 Å². The normalized spacial score (nSPS) is 10.5. The van der Waals surface area contributed by atoms with Gasteiger partial charge in [-0.2, -0.15) is 0 Å². The monoisotopic (exact) mass is 394 g/mol. The summed E-state index contributed by atoms with van der Waals surface area (Å²) in [6.45, 7) is 4.97. The first-order valence-corrected chi connectivity index (χ1v) is 9.26. The van der Waals surface area contributed by atoms with Gasteiger partial charge in [-0.15, -0.1) is 4.68 Å². The van der Waals surface area contributed by atoms with Crippen LogP contribution in [0.4, 0.5) is 17.3 Å². The molecule has 1 aromatic heterocycles. The summed E-state index contributed by atoms with van der Waals surface area (Å²) in [5, 5.41) is 21.6. The first-order valence-electron chi connectivity index (χ1n) is 9.26. The second-order valence-electron chi connectivity index (χ2n) is 6.37. The Bertz CT molecular complexity index is 912. The smallest absolute Gasteiger partial charge is 0.403 e. The van der Waals surface area contributed by atoms with Crippen molar-refractivity contribution in [3.05, 3.63) is 66.5 Å². The van der Waals surface area contributed by atoms with E-state index in [4.69, 9.17) is 9.90 Å². The molecule has 3 rings (SSSR count). The maximum absolute atomic E-state index is 8.89. The van der Waals surface area contributed by atoms with E-state index >= 15 is 0 Å². The highest BCUT2D eigenvalue weighted by Crippen LogP contribution is 2.22. The van der Waals surface area contributed by atoms with Crippen LogP contribution in [0.15, 0.2) is 71.2 Å². The highest BCUT2D eigenvalue weighted by atomic mass is 16.4. The summed E-state index contributed by atoms with van der Waals surface area (Å²) in [4.78, 5) is 11.2. The third-order valence-electron chi connectivity index (χ3n) is 4.07. The summed E-state index contributed by atoms with van der Waals surface area (Å²) in [6, 6.07) is 18.6. The predicted octanol–water partition coefficient (Wildman–Crippen LogP) is 2.44. The maximum Gasteiger partial charge on any atom is 0.403 e. The highest BCUT2D eigenvalue weighted by Gasteiger charge is 2.11. The molecule has 0 fully saturated rings. The summed E-state index contributed by atoms with van der Waals surface area (Å²) in [5.41, 5.74) is 3.30. The molecule has 0 aliphatic heterocycles. The number of hydrogen-bond acceptors (Lipinski definition) is 6. The van der Waals surface area contributed by atoms with Crippen LogP contribution in [0.3, 0.4) is 0 Å². The van der Waals surface area contributed by atoms with Crippen molar-refractivity contribution in [2.45, 2.75) is 20.4 Å². The first-order chi connectivity index (χ1) is 13.9. The summed E-state index contributed by atoms with van der Waals surface area (Å²) in [7, 11) is 3.74. The van der Waals surface area contributed by atoms with Crippen molar-refractivity contribution in [1.82, 2.24) is 9.78 Å². The zero-order chi connectivity index (χ0) is 21.2. The fourth-order valence-electron chi connectivity index (χ4n) is 2.64. The van der Waals surface area contributed by atoms with E-state index in [0.29, 0.717) is 5.95 Å². The Kier molecular flexibility index (Phi) is 8.02. The van der Waals surface area contributed by atoms with Crippen molar-refractivity contribution in [2.24, 2.45) is 24.3 Å². The molecular formula is C21H26N6O2. The average Bonchev–Trinajstić information content (AvgIpc) is 3.03. The highest BCUT2D eigenvalue weighted by molar-refractivity contribution is 5.60. The van der Waals surface area contributed by atoms with Crippen LogP contribution in [0.25, 0.3) is 0 Å². The van der Waals surface area contributed by atoms with E-state index in [-0.39, 0.29) is 0 Å². The Hall–Kier alpha value is -3.55. The number of aromatic nitrogens is 3. The summed E-state index contributed by atoms with van der Waals surface area (Å²) in [5.74, 6) is -0.386. The number of nitrogens with zero attached hydrogens (tertiary/aromatic N) is 6. The summed E-state index contributed by atoms with van der Waals surface area (Å²) >= 11 is 0. The third-order valence-corrected chi connectivity index (χ3v) is 4.07. The van der Waals surface area contributed by atoms with Gasteiger partial charge in [-0.1, -0.05) is 35.4 Å². The van der Waals surface area contributed by atoms with Gasteiger partial charge >= 0.3 is 5.95 Å². The van der Waals surface area contributed by atoms with Crippen molar-refractivity contribution < 1.29 is 14.5 Å². The number of rotatable bonds is 6. The molecule has 0 N–H and O–H groups in total. The molecule has 8 nitrogen and oxygen atoms in total. The SMILES string of the molecule is CC(=O)[O-].CCN(Cc1ccccc1)c1ccc(N=Nc2n(C)nc[n+]2C)cc1. The molecule has 0 unspecified atom stereocenters. The molecule has 3 aromatic rings. The molecule has 152 valence electrons. The molecule has 0 atom stereocenters. The molecule has 0 spiro atoms. The van der Waals surface area contributed by atoms with Crippen LogP contribution in [0.1, 0.15) is 19.4 Å². The number of carboxylic acid groups (broad SMARTS) is 1. The van der Waals surface area contributed by atoms with E-state index in [1.807, 2.05) is 36.9 Å². The van der Waals surface area contributed by atoms with Crippen LogP contribution >= 0.6 is 0 Å². The molecule has 0 aliphatic rings. The van der Waals surface area contributed by atoms with Gasteiger partial charge in [-0.05, 0) is 48.8 Å². The average molecular weight is 394 g/mol. The topological polar surface area (TPSA) is 89.8 Å². The maximum atomic E-state index is 8.89. The van der Waals surface area contributed by atoms with Crippen LogP contribution in [0.5, 0.6) is 0 Å². The zero-order valence-electron chi connectivity index (χ0n) is 17.2. The van der Waals surface area contributed by atoms with Gasteiger partial charge < -0.3 is 14.8 Å². The lowest BCUT2D eigenvalue weighted by Crippen LogP contribution is -2.25. The van der Waals surface area contributed by atoms with E-state index in [1.165, 1.54) is 11.3 Å². The molecule has 0 saturated heterocycles. The van der Waals surface area contributed by atoms with Gasteiger partial charge in [0.2, 0.25) is 6.33 Å². The number of anilines is 1. The largest absolute Gasteiger partial charge is 0.550 e. The van der Waals surface area contributed by atoms with Crippen molar-refractivity contribution in [3.8, 4) is 0 Å². The van der Waals surface area contributed by atoms with Crippen LogP contribution in [-0.2, 0) is 25.4 Å². The van der Waals surface area contributed by atoms with E-state index in [2.05, 4.69) is 63.5 Å². The van der Waals surface area contributed by atoms with Crippen LogP contribution < -0.4 is 14.6 Å². The number of azo groups is 1. The molecule has 1 heterocycles. The second-order valence-corrected chi connectivity index (χ2v) is 6.37. The van der Waals surface area contributed by atoms with Gasteiger partial charge in [0.1, 0.15) is 0 Å². The number of carbonyl (C=O) groups excluding carboxylic acids is 1. The van der Waals surface area contributed by atoms with Crippen molar-refractivity contribution >= 4 is 23.3 Å². The Labute approximate surface area is 170 Å². The van der Waals surface area contributed by atoms with Gasteiger partial charge in [0.25, 0.3) is 0 Å². The Morgan fingerprint density at radius 1 is 1.14 bits per heavy atom. The van der Waals surface area contributed by atoms with Gasteiger partial charge in [-0.25, -0.2) is 4.57 Å². The molecule has 29 heavy (non-hydrogen) atoms. The Balaban J connectivity index is 0.000000687. The van der Waals surface area contributed by atoms with E-state index in [0.717, 1.165) is 25.7 Å². The van der Waals surface area contributed by atoms with Crippen molar-refractivity contribution in [3.63, 3.8) is 0 Å². The molecule has 0 aliphatic carbocycles. The molecule has 2 aromatic carbocycles. The molecule has 0 amide bonds. The second kappa shape index (κ2) is 10.7. The van der Waals surface area contributed by atoms with Gasteiger partial charge in [0, 0.05) is 29.9 Å². The standard InChI is InChI=1S/C19H23N6.C2H4O2/c1-4-25(14-16-8-6-5-7-9-16)18-12-10-17(11-13-18)21-22-19-23(2)15-20-24(19)3;1-2(3)4/h5-13,15H,4,14H2,1-3H3;1H3,(H,3,4)/q+1;/p-1. The molecule has 8 heteroatoms. The fraction of sp³-hybridized carbons (Fsp3) is 0.286. The van der Waals surface area contributed by atoms with Crippen molar-refractivity contribution in [1.29, 1.82) is 0 Å². The number of benzene rings is 2. The van der Waals surface area contributed by atoms with E-state index in [9.17, 15) is 0 Å². The zero-order valence-corrected chi connectivity index (χ0v) is 17.2. The molecule has 0 radical (unpaired) electrons. The number of aliphatic carboxylic acids is 1. The molecule has 0 bridgehead atoms. The van der Waals surface area contributed by atoms with Crippen LogP contribution in [0.2, 0.25) is 0 Å². The van der Waals surface area contributed by atoms with Gasteiger partial charge in [0.05, 0.1) is 19.8 Å². The Morgan fingerprint density at radius 3 is 2.28 bits per heavy atom. The van der Waals surface area contributed by atoms with Crippen LogP contribution in [-0.4, -0.2) is 22.3 Å². The lowest BCUT2D eigenvalue weighted by Gasteiger charge is -2.23.